The normalized spacial score (nSPS) is 19.4. The predicted octanol–water partition coefficient (Wildman–Crippen LogP) is 4.83. The van der Waals surface area contributed by atoms with Crippen LogP contribution in [0.15, 0.2) is 42.5 Å². The highest BCUT2D eigenvalue weighted by molar-refractivity contribution is 5.95. The van der Waals surface area contributed by atoms with Gasteiger partial charge in [0, 0.05) is 17.5 Å². The third kappa shape index (κ3) is 4.73. The molecule has 5 heteroatoms. The Labute approximate surface area is 159 Å². The Morgan fingerprint density at radius 2 is 1.41 bits per heavy atom. The van der Waals surface area contributed by atoms with Gasteiger partial charge in [-0.1, -0.05) is 29.8 Å². The van der Waals surface area contributed by atoms with E-state index in [1.807, 2.05) is 32.0 Å². The van der Waals surface area contributed by atoms with Crippen LogP contribution in [0.1, 0.15) is 36.8 Å². The van der Waals surface area contributed by atoms with E-state index in [1.54, 1.807) is 18.2 Å². The average Bonchev–Trinajstić information content (AvgIpc) is 2.66. The second-order valence-electron chi connectivity index (χ2n) is 7.33. The summed E-state index contributed by atoms with van der Waals surface area (Å²) < 4.78 is 13.7. The number of hydrogen-bond acceptors (Lipinski definition) is 2. The van der Waals surface area contributed by atoms with Crippen molar-refractivity contribution in [3.05, 3.63) is 59.4 Å². The number of carbonyl (C=O) groups excluding carboxylic acids is 2. The highest BCUT2D eigenvalue weighted by Gasteiger charge is 2.30. The Bertz CT molecular complexity index is 842. The Hall–Kier alpha value is -2.69. The second-order valence-corrected chi connectivity index (χ2v) is 7.33. The maximum absolute atomic E-state index is 13.7. The molecule has 0 radical (unpaired) electrons. The minimum atomic E-state index is -0.438. The predicted molar refractivity (Wildman–Crippen MR) is 105 cm³/mol. The number of hydrogen-bond donors (Lipinski definition) is 2. The van der Waals surface area contributed by atoms with E-state index in [2.05, 4.69) is 10.6 Å². The zero-order valence-electron chi connectivity index (χ0n) is 15.7. The Morgan fingerprint density at radius 1 is 0.852 bits per heavy atom. The minimum Gasteiger partial charge on any atom is -0.326 e. The fourth-order valence-electron chi connectivity index (χ4n) is 3.60. The first-order chi connectivity index (χ1) is 12.9. The third-order valence-corrected chi connectivity index (χ3v) is 5.24. The third-order valence-electron chi connectivity index (χ3n) is 5.24. The largest absolute Gasteiger partial charge is 0.326 e. The second kappa shape index (κ2) is 8.33. The van der Waals surface area contributed by atoms with E-state index in [0.29, 0.717) is 25.7 Å². The lowest BCUT2D eigenvalue weighted by atomic mass is 9.81. The van der Waals surface area contributed by atoms with Crippen LogP contribution in [-0.2, 0) is 9.59 Å². The molecule has 1 fully saturated rings. The lowest BCUT2D eigenvalue weighted by Crippen LogP contribution is -2.32. The van der Waals surface area contributed by atoms with Gasteiger partial charge in [-0.25, -0.2) is 4.39 Å². The molecule has 4 nitrogen and oxygen atoms in total. The lowest BCUT2D eigenvalue weighted by molar-refractivity contribution is -0.125. The molecule has 2 amide bonds. The van der Waals surface area contributed by atoms with E-state index in [1.165, 1.54) is 6.07 Å². The molecule has 0 unspecified atom stereocenters. The van der Waals surface area contributed by atoms with E-state index >= 15 is 0 Å². The Balaban J connectivity index is 1.53. The zero-order valence-corrected chi connectivity index (χ0v) is 15.7. The van der Waals surface area contributed by atoms with Gasteiger partial charge >= 0.3 is 0 Å². The zero-order chi connectivity index (χ0) is 19.4. The molecular formula is C22H25FN2O2. The fraction of sp³-hybridized carbons (Fsp3) is 0.364. The summed E-state index contributed by atoms with van der Waals surface area (Å²) in [5.74, 6) is -0.881. The number of aryl methyl sites for hydroxylation is 2. The lowest BCUT2D eigenvalue weighted by Gasteiger charge is -2.27. The fourth-order valence-corrected chi connectivity index (χ4v) is 3.60. The van der Waals surface area contributed by atoms with E-state index in [4.69, 9.17) is 0 Å². The van der Waals surface area contributed by atoms with Gasteiger partial charge in [0.05, 0.1) is 5.69 Å². The van der Waals surface area contributed by atoms with Gasteiger partial charge in [-0.2, -0.15) is 0 Å². The summed E-state index contributed by atoms with van der Waals surface area (Å²) in [6, 6.07) is 12.1. The van der Waals surface area contributed by atoms with Gasteiger partial charge in [-0.15, -0.1) is 0 Å². The highest BCUT2D eigenvalue weighted by Crippen LogP contribution is 2.31. The van der Waals surface area contributed by atoms with Gasteiger partial charge in [0.25, 0.3) is 0 Å². The van der Waals surface area contributed by atoms with Crippen molar-refractivity contribution in [1.29, 1.82) is 0 Å². The summed E-state index contributed by atoms with van der Waals surface area (Å²) >= 11 is 0. The van der Waals surface area contributed by atoms with Crippen LogP contribution in [0.5, 0.6) is 0 Å². The van der Waals surface area contributed by atoms with Gasteiger partial charge < -0.3 is 10.6 Å². The summed E-state index contributed by atoms with van der Waals surface area (Å²) in [6.45, 7) is 4.00. The molecule has 1 saturated carbocycles. The molecule has 2 aromatic rings. The summed E-state index contributed by atoms with van der Waals surface area (Å²) in [7, 11) is 0. The van der Waals surface area contributed by atoms with Crippen molar-refractivity contribution in [2.24, 2.45) is 11.8 Å². The van der Waals surface area contributed by atoms with Crippen molar-refractivity contribution in [3.8, 4) is 0 Å². The molecule has 2 N–H and O–H groups in total. The molecule has 0 saturated heterocycles. The summed E-state index contributed by atoms with van der Waals surface area (Å²) in [6.07, 6.45) is 2.58. The van der Waals surface area contributed by atoms with E-state index < -0.39 is 5.82 Å². The standard InChI is InChI=1S/C22H25FN2O2/c1-14-7-12-19(15(2)13-14)24-21(26)16-8-10-17(11-9-16)22(27)25-20-6-4-3-5-18(20)23/h3-7,12-13,16-17H,8-11H2,1-2H3,(H,24,26)(H,25,27). The first-order valence-corrected chi connectivity index (χ1v) is 9.37. The number of rotatable bonds is 4. The number of amides is 2. The first-order valence-electron chi connectivity index (χ1n) is 9.37. The summed E-state index contributed by atoms with van der Waals surface area (Å²) in [5.41, 5.74) is 3.25. The molecule has 0 heterocycles. The number of halogens is 1. The summed E-state index contributed by atoms with van der Waals surface area (Å²) in [4.78, 5) is 24.9. The first kappa shape index (κ1) is 19.1. The van der Waals surface area contributed by atoms with Gasteiger partial charge in [0.15, 0.2) is 0 Å². The molecule has 0 spiro atoms. The van der Waals surface area contributed by atoms with Gasteiger partial charge in [-0.05, 0) is 63.3 Å². The van der Waals surface area contributed by atoms with Crippen LogP contribution in [0.3, 0.4) is 0 Å². The number of para-hydroxylation sites is 1. The van der Waals surface area contributed by atoms with Gasteiger partial charge in [0.1, 0.15) is 5.82 Å². The molecule has 0 aromatic heterocycles. The van der Waals surface area contributed by atoms with E-state index in [-0.39, 0.29) is 29.3 Å². The van der Waals surface area contributed by atoms with Crippen LogP contribution in [0.4, 0.5) is 15.8 Å². The van der Waals surface area contributed by atoms with Crippen LogP contribution < -0.4 is 10.6 Å². The topological polar surface area (TPSA) is 58.2 Å². The smallest absolute Gasteiger partial charge is 0.227 e. The quantitative estimate of drug-likeness (QED) is 0.812. The molecule has 0 bridgehead atoms. The van der Waals surface area contributed by atoms with Crippen molar-refractivity contribution in [2.75, 3.05) is 10.6 Å². The van der Waals surface area contributed by atoms with Crippen LogP contribution in [0, 0.1) is 31.5 Å². The number of carbonyl (C=O) groups is 2. The maximum Gasteiger partial charge on any atom is 0.227 e. The van der Waals surface area contributed by atoms with Crippen LogP contribution in [0.2, 0.25) is 0 Å². The van der Waals surface area contributed by atoms with Crippen molar-refractivity contribution >= 4 is 23.2 Å². The molecule has 142 valence electrons. The Kier molecular flexibility index (Phi) is 5.89. The van der Waals surface area contributed by atoms with Gasteiger partial charge in [-0.3, -0.25) is 9.59 Å². The SMILES string of the molecule is Cc1ccc(NC(=O)C2CCC(C(=O)Nc3ccccc3F)CC2)c(C)c1. The van der Waals surface area contributed by atoms with Crippen molar-refractivity contribution in [2.45, 2.75) is 39.5 Å². The summed E-state index contributed by atoms with van der Waals surface area (Å²) in [5, 5.41) is 5.67. The maximum atomic E-state index is 13.7. The number of anilines is 2. The van der Waals surface area contributed by atoms with Crippen molar-refractivity contribution in [1.82, 2.24) is 0 Å². The molecular weight excluding hydrogens is 343 g/mol. The van der Waals surface area contributed by atoms with Crippen LogP contribution in [-0.4, -0.2) is 11.8 Å². The van der Waals surface area contributed by atoms with Gasteiger partial charge in [0.2, 0.25) is 11.8 Å². The van der Waals surface area contributed by atoms with Crippen molar-refractivity contribution in [3.63, 3.8) is 0 Å². The molecule has 0 aliphatic heterocycles. The number of nitrogens with one attached hydrogen (secondary N) is 2. The minimum absolute atomic E-state index is 0.00918. The van der Waals surface area contributed by atoms with Crippen LogP contribution >= 0.6 is 0 Å². The van der Waals surface area contributed by atoms with Crippen LogP contribution in [0.25, 0.3) is 0 Å². The number of benzene rings is 2. The molecule has 27 heavy (non-hydrogen) atoms. The molecule has 3 rings (SSSR count). The molecule has 1 aliphatic rings. The van der Waals surface area contributed by atoms with Crippen molar-refractivity contribution < 1.29 is 14.0 Å². The van der Waals surface area contributed by atoms with E-state index in [0.717, 1.165) is 16.8 Å². The average molecular weight is 368 g/mol. The monoisotopic (exact) mass is 368 g/mol. The molecule has 0 atom stereocenters. The Morgan fingerprint density at radius 3 is 1.96 bits per heavy atom. The highest BCUT2D eigenvalue weighted by atomic mass is 19.1. The van der Waals surface area contributed by atoms with E-state index in [9.17, 15) is 14.0 Å². The molecule has 2 aromatic carbocycles. The molecule has 1 aliphatic carbocycles.